The van der Waals surface area contributed by atoms with Gasteiger partial charge < -0.3 is 14.2 Å². The van der Waals surface area contributed by atoms with Crippen molar-refractivity contribution in [3.8, 4) is 0 Å². The van der Waals surface area contributed by atoms with Gasteiger partial charge in [-0.05, 0) is 69.1 Å². The maximum atomic E-state index is 6.19. The van der Waals surface area contributed by atoms with Crippen LogP contribution in [0.2, 0.25) is 0 Å². The predicted molar refractivity (Wildman–Crippen MR) is 106 cm³/mol. The lowest BCUT2D eigenvalue weighted by Gasteiger charge is -2.40. The molecule has 2 aliphatic carbocycles. The number of ether oxygens (including phenoxy) is 3. The topological polar surface area (TPSA) is 27.7 Å². The third-order valence-electron chi connectivity index (χ3n) is 6.26. The van der Waals surface area contributed by atoms with Crippen molar-refractivity contribution in [2.24, 2.45) is 23.7 Å². The minimum atomic E-state index is -0.802. The fourth-order valence-electron chi connectivity index (χ4n) is 4.62. The third kappa shape index (κ3) is 5.94. The Labute approximate surface area is 160 Å². The van der Waals surface area contributed by atoms with E-state index < -0.39 is 5.97 Å². The molecular weight excluding hydrogens is 324 g/mol. The Kier molecular flexibility index (Phi) is 7.77. The lowest BCUT2D eigenvalue weighted by atomic mass is 9.86. The van der Waals surface area contributed by atoms with Crippen molar-refractivity contribution in [2.75, 3.05) is 19.8 Å². The van der Waals surface area contributed by atoms with Gasteiger partial charge in [0.25, 0.3) is 5.97 Å². The quantitative estimate of drug-likeness (QED) is 0.506. The smallest absolute Gasteiger partial charge is 0.282 e. The molecule has 0 N–H and O–H groups in total. The molecule has 3 rings (SSSR count). The summed E-state index contributed by atoms with van der Waals surface area (Å²) < 4.78 is 18.5. The molecule has 0 aromatic rings. The van der Waals surface area contributed by atoms with Gasteiger partial charge in [-0.15, -0.1) is 0 Å². The van der Waals surface area contributed by atoms with Gasteiger partial charge in [0.15, 0.2) is 0 Å². The third-order valence-corrected chi connectivity index (χ3v) is 6.26. The molecular formula is C23H38O3. The second kappa shape index (κ2) is 10.1. The maximum Gasteiger partial charge on any atom is 0.282 e. The normalized spacial score (nSPS) is 36.2. The van der Waals surface area contributed by atoms with Gasteiger partial charge in [0.1, 0.15) is 0 Å². The summed E-state index contributed by atoms with van der Waals surface area (Å²) in [6, 6.07) is 0. The van der Waals surface area contributed by atoms with Gasteiger partial charge in [-0.25, -0.2) is 0 Å². The van der Waals surface area contributed by atoms with Crippen LogP contribution in [0.4, 0.5) is 0 Å². The summed E-state index contributed by atoms with van der Waals surface area (Å²) >= 11 is 0. The predicted octanol–water partition coefficient (Wildman–Crippen LogP) is 5.86. The molecule has 0 bridgehead atoms. The SMILES string of the molecule is CCC1(OCC(C)CC2CC=CCC2)OCC(CC2CC=CCC2)CO1. The molecule has 1 heterocycles. The first-order valence-electron chi connectivity index (χ1n) is 10.9. The minimum absolute atomic E-state index is 0.515. The van der Waals surface area contributed by atoms with Crippen LogP contribution in [0.1, 0.15) is 71.6 Å². The van der Waals surface area contributed by atoms with Gasteiger partial charge in [-0.1, -0.05) is 38.2 Å². The molecule has 0 saturated carbocycles. The lowest BCUT2D eigenvalue weighted by Crippen LogP contribution is -2.47. The van der Waals surface area contributed by atoms with E-state index in [2.05, 4.69) is 38.2 Å². The molecule has 0 spiro atoms. The van der Waals surface area contributed by atoms with Crippen LogP contribution < -0.4 is 0 Å². The summed E-state index contributed by atoms with van der Waals surface area (Å²) in [4.78, 5) is 0. The molecule has 1 aliphatic heterocycles. The molecule has 3 heteroatoms. The number of allylic oxidation sites excluding steroid dienone is 4. The summed E-state index contributed by atoms with van der Waals surface area (Å²) in [6.07, 6.45) is 20.1. The van der Waals surface area contributed by atoms with Gasteiger partial charge >= 0.3 is 0 Å². The molecule has 0 aromatic heterocycles. The van der Waals surface area contributed by atoms with E-state index in [1.165, 1.54) is 51.4 Å². The Bertz CT molecular complexity index is 462. The monoisotopic (exact) mass is 362 g/mol. The maximum absolute atomic E-state index is 6.19. The number of hydrogen-bond donors (Lipinski definition) is 0. The lowest BCUT2D eigenvalue weighted by molar-refractivity contribution is -0.411. The Morgan fingerprint density at radius 1 is 0.962 bits per heavy atom. The zero-order chi connectivity index (χ0) is 18.2. The second-order valence-corrected chi connectivity index (χ2v) is 8.71. The van der Waals surface area contributed by atoms with Crippen molar-refractivity contribution in [3.05, 3.63) is 24.3 Å². The van der Waals surface area contributed by atoms with Crippen molar-refractivity contribution >= 4 is 0 Å². The highest BCUT2D eigenvalue weighted by Gasteiger charge is 2.38. The number of rotatable bonds is 8. The molecule has 1 saturated heterocycles. The Morgan fingerprint density at radius 3 is 2.19 bits per heavy atom. The Morgan fingerprint density at radius 2 is 1.62 bits per heavy atom. The molecule has 1 fully saturated rings. The van der Waals surface area contributed by atoms with E-state index in [4.69, 9.17) is 14.2 Å². The number of hydrogen-bond acceptors (Lipinski definition) is 3. The van der Waals surface area contributed by atoms with Crippen LogP contribution in [0.15, 0.2) is 24.3 Å². The standard InChI is InChI=1S/C23H38O3/c1-3-23(24-16-19(2)14-20-10-6-4-7-11-20)25-17-22(18-26-23)15-21-12-8-5-9-13-21/h4-6,8,19-22H,3,7,9-18H2,1-2H3. The average molecular weight is 363 g/mol. The summed E-state index contributed by atoms with van der Waals surface area (Å²) in [5.41, 5.74) is 0. The highest BCUT2D eigenvalue weighted by atomic mass is 16.9. The second-order valence-electron chi connectivity index (χ2n) is 8.71. The molecule has 3 nitrogen and oxygen atoms in total. The highest BCUT2D eigenvalue weighted by molar-refractivity contribution is 4.91. The summed E-state index contributed by atoms with van der Waals surface area (Å²) in [6.45, 7) is 6.67. The first-order valence-corrected chi connectivity index (χ1v) is 10.9. The first-order chi connectivity index (χ1) is 12.7. The van der Waals surface area contributed by atoms with Crippen LogP contribution in [0.5, 0.6) is 0 Å². The van der Waals surface area contributed by atoms with Gasteiger partial charge in [0.05, 0.1) is 19.8 Å². The largest absolute Gasteiger partial charge is 0.327 e. The van der Waals surface area contributed by atoms with Crippen LogP contribution in [0.25, 0.3) is 0 Å². The molecule has 148 valence electrons. The molecule has 0 radical (unpaired) electrons. The fraction of sp³-hybridized carbons (Fsp3) is 0.826. The van der Waals surface area contributed by atoms with E-state index in [-0.39, 0.29) is 0 Å². The van der Waals surface area contributed by atoms with Crippen LogP contribution in [0, 0.1) is 23.7 Å². The first kappa shape index (κ1) is 20.1. The molecule has 0 amide bonds. The minimum Gasteiger partial charge on any atom is -0.327 e. The molecule has 0 aromatic carbocycles. The fourth-order valence-corrected chi connectivity index (χ4v) is 4.62. The molecule has 3 atom stereocenters. The van der Waals surface area contributed by atoms with Crippen molar-refractivity contribution in [1.82, 2.24) is 0 Å². The van der Waals surface area contributed by atoms with E-state index in [0.717, 1.165) is 38.1 Å². The summed E-state index contributed by atoms with van der Waals surface area (Å²) in [7, 11) is 0. The molecule has 3 unspecified atom stereocenters. The molecule has 26 heavy (non-hydrogen) atoms. The van der Waals surface area contributed by atoms with E-state index >= 15 is 0 Å². The van der Waals surface area contributed by atoms with Crippen molar-refractivity contribution in [3.63, 3.8) is 0 Å². The Hall–Kier alpha value is -0.640. The van der Waals surface area contributed by atoms with Crippen molar-refractivity contribution < 1.29 is 14.2 Å². The van der Waals surface area contributed by atoms with E-state index in [9.17, 15) is 0 Å². The molecule has 3 aliphatic rings. The zero-order valence-electron chi connectivity index (χ0n) is 16.8. The van der Waals surface area contributed by atoms with Crippen LogP contribution in [0.3, 0.4) is 0 Å². The van der Waals surface area contributed by atoms with Gasteiger partial charge in [0.2, 0.25) is 0 Å². The average Bonchev–Trinajstić information content (AvgIpc) is 2.69. The van der Waals surface area contributed by atoms with E-state index in [0.29, 0.717) is 11.8 Å². The highest BCUT2D eigenvalue weighted by Crippen LogP contribution is 2.33. The van der Waals surface area contributed by atoms with Crippen LogP contribution in [-0.2, 0) is 14.2 Å². The van der Waals surface area contributed by atoms with Crippen LogP contribution in [-0.4, -0.2) is 25.8 Å². The van der Waals surface area contributed by atoms with Gasteiger partial charge in [0, 0.05) is 12.3 Å². The Balaban J connectivity index is 1.38. The summed E-state index contributed by atoms with van der Waals surface area (Å²) in [5.74, 6) is 1.88. The van der Waals surface area contributed by atoms with Crippen molar-refractivity contribution in [2.45, 2.75) is 77.6 Å². The zero-order valence-corrected chi connectivity index (χ0v) is 16.8. The van der Waals surface area contributed by atoms with E-state index in [1.807, 2.05) is 0 Å². The van der Waals surface area contributed by atoms with Gasteiger partial charge in [-0.3, -0.25) is 0 Å². The summed E-state index contributed by atoms with van der Waals surface area (Å²) in [5, 5.41) is 0. The van der Waals surface area contributed by atoms with E-state index in [1.54, 1.807) is 0 Å². The van der Waals surface area contributed by atoms with Crippen LogP contribution >= 0.6 is 0 Å². The van der Waals surface area contributed by atoms with Gasteiger partial charge in [-0.2, -0.15) is 0 Å². The van der Waals surface area contributed by atoms with Crippen molar-refractivity contribution in [1.29, 1.82) is 0 Å².